The first kappa shape index (κ1) is 50.8. The van der Waals surface area contributed by atoms with E-state index in [1.54, 1.807) is 41.3 Å². The lowest BCUT2D eigenvalue weighted by atomic mass is 9.97. The number of amides is 2. The molecule has 0 atom stereocenters. The summed E-state index contributed by atoms with van der Waals surface area (Å²) in [5.41, 5.74) is 0.0752. The van der Waals surface area contributed by atoms with Crippen molar-refractivity contribution in [3.05, 3.63) is 107 Å². The maximum absolute atomic E-state index is 12.4. The molecule has 0 spiro atoms. The van der Waals surface area contributed by atoms with Crippen LogP contribution >= 0.6 is 57.4 Å². The number of methoxy groups -OCH3 is 1. The first-order chi connectivity index (χ1) is 29.9. The van der Waals surface area contributed by atoms with Crippen molar-refractivity contribution in [2.45, 2.75) is 58.0 Å². The fourth-order valence-corrected chi connectivity index (χ4v) is 7.49. The summed E-state index contributed by atoms with van der Waals surface area (Å²) in [7, 11) is -3.14. The molecule has 3 aromatic heterocycles. The van der Waals surface area contributed by atoms with Gasteiger partial charge < -0.3 is 28.8 Å². The number of carboxylic acids is 2. The van der Waals surface area contributed by atoms with E-state index in [-0.39, 0.29) is 34.3 Å². The average Bonchev–Trinajstić information content (AvgIpc) is 3.60. The van der Waals surface area contributed by atoms with E-state index in [1.165, 1.54) is 26.2 Å². The van der Waals surface area contributed by atoms with Crippen molar-refractivity contribution in [3.63, 3.8) is 0 Å². The summed E-state index contributed by atoms with van der Waals surface area (Å²) < 4.78 is 48.8. The highest BCUT2D eigenvalue weighted by Crippen LogP contribution is 2.34. The van der Waals surface area contributed by atoms with Gasteiger partial charge in [-0.15, -0.1) is 5.10 Å². The monoisotopic (exact) mass is 1070 g/mol. The van der Waals surface area contributed by atoms with Crippen LogP contribution in [0.15, 0.2) is 74.9 Å². The number of aromatic nitrogens is 6. The van der Waals surface area contributed by atoms with Crippen molar-refractivity contribution < 1.29 is 51.6 Å². The number of pyridine rings is 1. The Kier molecular flexibility index (Phi) is 17.2. The zero-order chi connectivity index (χ0) is 47.7. The van der Waals surface area contributed by atoms with Crippen molar-refractivity contribution in [2.24, 2.45) is 0 Å². The number of carboxylic acid groups (broad SMARTS) is 2. The first-order valence-electron chi connectivity index (χ1n) is 18.2. The lowest BCUT2D eigenvalue weighted by Crippen LogP contribution is -2.35. The largest absolute Gasteiger partial charge is 0.489 e. The third kappa shape index (κ3) is 13.8. The Balaban J connectivity index is 0.000000216. The summed E-state index contributed by atoms with van der Waals surface area (Å²) in [6.45, 7) is 10.6. The number of nitrogens with zero attached hydrogens (tertiary/aromatic N) is 6. The van der Waals surface area contributed by atoms with Gasteiger partial charge in [-0.3, -0.25) is 10.3 Å². The number of benzene rings is 3. The molecular formula is C39H38Cl3IN8O12S. The Morgan fingerprint density at radius 3 is 2.27 bits per heavy atom. The van der Waals surface area contributed by atoms with Gasteiger partial charge in [-0.05, 0) is 91.9 Å². The van der Waals surface area contributed by atoms with Gasteiger partial charge in [0.2, 0.25) is 11.8 Å². The molecule has 0 bridgehead atoms. The number of anilines is 1. The van der Waals surface area contributed by atoms with Gasteiger partial charge in [0.25, 0.3) is 10.0 Å². The van der Waals surface area contributed by atoms with Crippen LogP contribution in [-0.2, 0) is 20.2 Å². The lowest BCUT2D eigenvalue weighted by Gasteiger charge is -2.13. The maximum Gasteiger partial charge on any atom is 0.442 e. The van der Waals surface area contributed by atoms with E-state index in [9.17, 15) is 27.6 Å². The van der Waals surface area contributed by atoms with E-state index in [0.29, 0.717) is 42.2 Å². The van der Waals surface area contributed by atoms with E-state index in [0.717, 1.165) is 22.2 Å². The van der Waals surface area contributed by atoms with Crippen LogP contribution in [0.5, 0.6) is 17.5 Å². The molecule has 0 unspecified atom stereocenters. The van der Waals surface area contributed by atoms with Crippen molar-refractivity contribution >= 4 is 102 Å². The number of sulfonamides is 1. The first-order valence-corrected chi connectivity index (χ1v) is 21.9. The molecule has 3 aromatic carbocycles. The lowest BCUT2D eigenvalue weighted by molar-refractivity contribution is -0.139. The number of hydrogen-bond acceptors (Lipinski definition) is 15. The number of aliphatic carboxylic acids is 1. The molecule has 0 aliphatic heterocycles. The Labute approximate surface area is 393 Å². The molecule has 25 heteroatoms. The quantitative estimate of drug-likeness (QED) is 0.0910. The molecule has 6 rings (SSSR count). The van der Waals surface area contributed by atoms with Crippen molar-refractivity contribution in [1.82, 2.24) is 34.4 Å². The van der Waals surface area contributed by atoms with E-state index < -0.39 is 50.8 Å². The summed E-state index contributed by atoms with van der Waals surface area (Å²) in [4.78, 5) is 60.6. The van der Waals surface area contributed by atoms with Crippen LogP contribution in [0.1, 0.15) is 56.7 Å². The molecule has 0 aliphatic carbocycles. The predicted molar refractivity (Wildman–Crippen MR) is 243 cm³/mol. The number of fused-ring (bicyclic) bond motifs is 1. The zero-order valence-corrected chi connectivity index (χ0v) is 39.9. The van der Waals surface area contributed by atoms with Crippen LogP contribution in [0.4, 0.5) is 10.7 Å². The fourth-order valence-electron chi connectivity index (χ4n) is 4.93. The number of aromatic carboxylic acids is 1. The summed E-state index contributed by atoms with van der Waals surface area (Å²) >= 11 is 20.1. The predicted octanol–water partition coefficient (Wildman–Crippen LogP) is 7.57. The molecule has 0 saturated heterocycles. The molecule has 0 saturated carbocycles. The van der Waals surface area contributed by atoms with Crippen LogP contribution in [0.25, 0.3) is 16.6 Å². The number of urea groups is 1. The molecule has 3 heterocycles. The van der Waals surface area contributed by atoms with Gasteiger partial charge in [-0.1, -0.05) is 55.6 Å². The number of hydrogen-bond donors (Lipinski definition) is 4. The SMILES string of the molecule is CC(C)Oc1cc(-n2nc(C(C)(C)C)oc2=O)c(Cl)cc1Cl.COc1nc(C)nc(NC(=O)NS(=O)(=O)c2cc(I)ccc2C(=O)O)n1.O=C(O)COc1ccc(Cl)c2cccnc12. The standard InChI is InChI=1S/C15H18Cl2N2O3.C13H12IN5O6S.C11H8ClNO3/c1-8(2)21-12-7-11(9(16)6-10(12)17)19-14(20)22-13(18-19)15(3,4)5;1-6-15-11(18-13(16-6)25-2)17-12(22)19-26(23,24)9-5-7(14)3-4-8(9)10(20)21;12-8-3-4-9(16-6-10(14)15)11-7(8)2-1-5-13-11/h6-8H,1-5H3;3-5H,1-2H3,(H,20,21)(H2,15,16,17,18,19,22);1-5H,6H2,(H,14,15). The molecule has 340 valence electrons. The Morgan fingerprint density at radius 1 is 0.953 bits per heavy atom. The molecular weight excluding hydrogens is 1040 g/mol. The number of rotatable bonds is 11. The Hall–Kier alpha value is -5.82. The Morgan fingerprint density at radius 2 is 1.66 bits per heavy atom. The van der Waals surface area contributed by atoms with Crippen LogP contribution in [0.3, 0.4) is 0 Å². The minimum atomic E-state index is -4.45. The topological polar surface area (TPSA) is 277 Å². The summed E-state index contributed by atoms with van der Waals surface area (Å²) in [5.74, 6) is -1.90. The van der Waals surface area contributed by atoms with Gasteiger partial charge in [0.15, 0.2) is 6.61 Å². The molecule has 0 fully saturated rings. The number of nitrogens with one attached hydrogen (secondary N) is 2. The van der Waals surface area contributed by atoms with Gasteiger partial charge in [0, 0.05) is 26.6 Å². The van der Waals surface area contributed by atoms with Crippen LogP contribution in [-0.4, -0.2) is 86.1 Å². The minimum absolute atomic E-state index is 0.0642. The Bertz CT molecular complexity index is 2870. The van der Waals surface area contributed by atoms with Crippen LogP contribution in [0.2, 0.25) is 15.1 Å². The molecule has 0 radical (unpaired) electrons. The van der Waals surface area contributed by atoms with Gasteiger partial charge in [0.1, 0.15) is 27.7 Å². The number of carbonyl (C=O) groups excluding carboxylic acids is 1. The molecule has 64 heavy (non-hydrogen) atoms. The second-order valence-electron chi connectivity index (χ2n) is 14.1. The fraction of sp³-hybridized carbons (Fsp3) is 0.256. The third-order valence-electron chi connectivity index (χ3n) is 7.64. The van der Waals surface area contributed by atoms with E-state index in [2.05, 4.69) is 30.4 Å². The molecule has 2 amide bonds. The number of ether oxygens (including phenoxy) is 3. The zero-order valence-electron chi connectivity index (χ0n) is 34.6. The van der Waals surface area contributed by atoms with Crippen molar-refractivity contribution in [2.75, 3.05) is 19.0 Å². The van der Waals surface area contributed by atoms with Gasteiger partial charge in [-0.2, -0.15) is 19.6 Å². The smallest absolute Gasteiger partial charge is 0.442 e. The highest BCUT2D eigenvalue weighted by atomic mass is 127. The average molecular weight is 1080 g/mol. The summed E-state index contributed by atoms with van der Waals surface area (Å²) in [5, 5.41) is 26.0. The van der Waals surface area contributed by atoms with Gasteiger partial charge in [0.05, 0.1) is 39.5 Å². The van der Waals surface area contributed by atoms with E-state index in [1.807, 2.05) is 57.2 Å². The van der Waals surface area contributed by atoms with Crippen molar-refractivity contribution in [1.29, 1.82) is 0 Å². The second kappa shape index (κ2) is 21.7. The maximum atomic E-state index is 12.4. The molecule has 6 aromatic rings. The summed E-state index contributed by atoms with van der Waals surface area (Å²) in [6, 6.07) is 12.4. The molecule has 0 aliphatic rings. The van der Waals surface area contributed by atoms with E-state index >= 15 is 0 Å². The number of aryl methyl sites for hydroxylation is 1. The van der Waals surface area contributed by atoms with Crippen LogP contribution in [0, 0.1) is 10.5 Å². The molecule has 20 nitrogen and oxygen atoms in total. The number of carbonyl (C=O) groups is 3. The van der Waals surface area contributed by atoms with E-state index in [4.69, 9.17) is 63.6 Å². The van der Waals surface area contributed by atoms with Crippen LogP contribution < -0.4 is 30.0 Å². The molecule has 4 N–H and O–H groups in total. The second-order valence-corrected chi connectivity index (χ2v) is 18.2. The normalized spacial score (nSPS) is 11.1. The van der Waals surface area contributed by atoms with Gasteiger partial charge in [-0.25, -0.2) is 32.3 Å². The van der Waals surface area contributed by atoms with Gasteiger partial charge >= 0.3 is 29.7 Å². The highest BCUT2D eigenvalue weighted by Gasteiger charge is 2.26. The van der Waals surface area contributed by atoms with Crippen molar-refractivity contribution in [3.8, 4) is 23.2 Å². The highest BCUT2D eigenvalue weighted by molar-refractivity contribution is 14.1. The third-order valence-corrected chi connectivity index (χ3v) is 10.6. The summed E-state index contributed by atoms with van der Waals surface area (Å²) in [6.07, 6.45) is 1.54. The minimum Gasteiger partial charge on any atom is -0.489 e. The number of halogens is 4.